The number of benzene rings is 2. The molecule has 0 heterocycles. The second kappa shape index (κ2) is 4.31. The van der Waals surface area contributed by atoms with Gasteiger partial charge in [-0.1, -0.05) is 35.9 Å². The first-order valence-electron chi connectivity index (χ1n) is 5.34. The van der Waals surface area contributed by atoms with Gasteiger partial charge in [0.25, 0.3) is 0 Å². The lowest BCUT2D eigenvalue weighted by atomic mass is 9.95. The van der Waals surface area contributed by atoms with Crippen molar-refractivity contribution in [3.05, 3.63) is 58.1 Å². The minimum Gasteiger partial charge on any atom is -0.0836 e. The van der Waals surface area contributed by atoms with E-state index in [1.807, 2.05) is 13.0 Å². The maximum Gasteiger partial charge on any atom is 0.0493 e. The van der Waals surface area contributed by atoms with Crippen LogP contribution in [0.2, 0.25) is 5.02 Å². The molecule has 0 amide bonds. The highest BCUT2D eigenvalue weighted by molar-refractivity contribution is 6.30. The molecule has 16 heavy (non-hydrogen) atoms. The summed E-state index contributed by atoms with van der Waals surface area (Å²) in [5.41, 5.74) is 6.09. The van der Waals surface area contributed by atoms with Crippen LogP contribution in [0.25, 0.3) is 11.1 Å². The van der Waals surface area contributed by atoms with Crippen LogP contribution in [0.3, 0.4) is 0 Å². The van der Waals surface area contributed by atoms with Crippen LogP contribution in [-0.2, 0) is 0 Å². The molecule has 0 nitrogen and oxygen atoms in total. The van der Waals surface area contributed by atoms with Gasteiger partial charge in [0.05, 0.1) is 0 Å². The fraction of sp³-hybridized carbons (Fsp3) is 0.200. The van der Waals surface area contributed by atoms with Gasteiger partial charge in [-0.25, -0.2) is 0 Å². The number of aryl methyl sites for hydroxylation is 3. The third kappa shape index (κ3) is 2.12. The summed E-state index contributed by atoms with van der Waals surface area (Å²) >= 11 is 6.05. The molecule has 2 aromatic rings. The Morgan fingerprint density at radius 1 is 1.00 bits per heavy atom. The van der Waals surface area contributed by atoms with Gasteiger partial charge in [0, 0.05) is 11.1 Å². The lowest BCUT2D eigenvalue weighted by molar-refractivity contribution is 1.36. The van der Waals surface area contributed by atoms with Gasteiger partial charge >= 0.3 is 0 Å². The van der Waals surface area contributed by atoms with Gasteiger partial charge in [-0.2, -0.15) is 0 Å². The molecule has 0 unspecified atom stereocenters. The first-order chi connectivity index (χ1) is 7.58. The Morgan fingerprint density at radius 2 is 1.62 bits per heavy atom. The normalized spacial score (nSPS) is 10.5. The van der Waals surface area contributed by atoms with Gasteiger partial charge in [-0.05, 0) is 54.7 Å². The van der Waals surface area contributed by atoms with Crippen LogP contribution in [-0.4, -0.2) is 0 Å². The molecule has 0 atom stereocenters. The fourth-order valence-electron chi connectivity index (χ4n) is 2.09. The number of hydrogen-bond donors (Lipinski definition) is 0. The summed E-state index contributed by atoms with van der Waals surface area (Å²) in [5.74, 6) is 0. The van der Waals surface area contributed by atoms with Crippen molar-refractivity contribution in [3.63, 3.8) is 0 Å². The first kappa shape index (κ1) is 11.2. The van der Waals surface area contributed by atoms with Crippen LogP contribution >= 0.6 is 11.6 Å². The van der Waals surface area contributed by atoms with Crippen molar-refractivity contribution in [2.75, 3.05) is 0 Å². The number of rotatable bonds is 1. The minimum absolute atomic E-state index is 0.678. The van der Waals surface area contributed by atoms with Crippen molar-refractivity contribution in [3.8, 4) is 11.1 Å². The quantitative estimate of drug-likeness (QED) is 0.663. The highest BCUT2D eigenvalue weighted by Crippen LogP contribution is 2.29. The zero-order valence-electron chi connectivity index (χ0n) is 9.76. The SMILES string of the molecule is Cc1[c]c(Cl)cc(-c2c(C)cccc2C)c1. The van der Waals surface area contributed by atoms with Crippen LogP contribution in [0.4, 0.5) is 0 Å². The van der Waals surface area contributed by atoms with Crippen molar-refractivity contribution in [2.24, 2.45) is 0 Å². The van der Waals surface area contributed by atoms with E-state index in [9.17, 15) is 0 Å². The second-order valence-electron chi connectivity index (χ2n) is 4.17. The van der Waals surface area contributed by atoms with Crippen LogP contribution < -0.4 is 0 Å². The zero-order valence-corrected chi connectivity index (χ0v) is 10.5. The molecule has 0 aliphatic rings. The van der Waals surface area contributed by atoms with Crippen molar-refractivity contribution in [2.45, 2.75) is 20.8 Å². The van der Waals surface area contributed by atoms with E-state index in [0.717, 1.165) is 5.56 Å². The molecule has 2 aromatic carbocycles. The predicted molar refractivity (Wildman–Crippen MR) is 69.9 cm³/mol. The summed E-state index contributed by atoms with van der Waals surface area (Å²) in [6.45, 7) is 6.27. The third-order valence-electron chi connectivity index (χ3n) is 2.74. The van der Waals surface area contributed by atoms with Crippen molar-refractivity contribution < 1.29 is 0 Å². The van der Waals surface area contributed by atoms with Crippen molar-refractivity contribution in [1.82, 2.24) is 0 Å². The molecule has 0 spiro atoms. The molecular weight excluding hydrogens is 216 g/mol. The fourth-order valence-corrected chi connectivity index (χ4v) is 2.35. The van der Waals surface area contributed by atoms with Gasteiger partial charge in [-0.3, -0.25) is 0 Å². The van der Waals surface area contributed by atoms with Crippen LogP contribution in [0.5, 0.6) is 0 Å². The Hall–Kier alpha value is -1.27. The summed E-state index contributed by atoms with van der Waals surface area (Å²) in [4.78, 5) is 0. The predicted octanol–water partition coefficient (Wildman–Crippen LogP) is 4.73. The summed E-state index contributed by atoms with van der Waals surface area (Å²) in [6, 6.07) is 13.5. The topological polar surface area (TPSA) is 0 Å². The Labute approximate surface area is 102 Å². The summed E-state index contributed by atoms with van der Waals surface area (Å²) in [5, 5.41) is 0.678. The minimum atomic E-state index is 0.678. The summed E-state index contributed by atoms with van der Waals surface area (Å²) < 4.78 is 0. The zero-order chi connectivity index (χ0) is 11.7. The van der Waals surface area contributed by atoms with Crippen LogP contribution in [0.15, 0.2) is 30.3 Å². The van der Waals surface area contributed by atoms with Gasteiger partial charge in [-0.15, -0.1) is 0 Å². The Kier molecular flexibility index (Phi) is 3.02. The maximum atomic E-state index is 6.05. The van der Waals surface area contributed by atoms with Crippen LogP contribution in [0.1, 0.15) is 16.7 Å². The summed E-state index contributed by atoms with van der Waals surface area (Å²) in [6.07, 6.45) is 0. The third-order valence-corrected chi connectivity index (χ3v) is 2.94. The lowest BCUT2D eigenvalue weighted by Gasteiger charge is -2.11. The summed E-state index contributed by atoms with van der Waals surface area (Å²) in [7, 11) is 0. The van der Waals surface area contributed by atoms with Gasteiger partial charge in [0.2, 0.25) is 0 Å². The van der Waals surface area contributed by atoms with Crippen LogP contribution in [0, 0.1) is 26.8 Å². The van der Waals surface area contributed by atoms with Crippen molar-refractivity contribution in [1.29, 1.82) is 0 Å². The molecule has 0 N–H and O–H groups in total. The maximum absolute atomic E-state index is 6.05. The van der Waals surface area contributed by atoms with Gasteiger partial charge in [0.1, 0.15) is 0 Å². The van der Waals surface area contributed by atoms with E-state index >= 15 is 0 Å². The molecule has 1 heteroatoms. The molecule has 0 aliphatic heterocycles. The largest absolute Gasteiger partial charge is 0.0836 e. The number of halogens is 1. The standard InChI is InChI=1S/C15H14Cl/c1-10-7-13(9-14(16)8-10)15-11(2)5-4-6-12(15)3/h4-7,9H,1-3H3. The monoisotopic (exact) mass is 229 g/mol. The average molecular weight is 230 g/mol. The van der Waals surface area contributed by atoms with E-state index in [2.05, 4.69) is 44.2 Å². The first-order valence-corrected chi connectivity index (χ1v) is 5.72. The molecule has 1 radical (unpaired) electrons. The lowest BCUT2D eigenvalue weighted by Crippen LogP contribution is -1.88. The van der Waals surface area contributed by atoms with Crippen molar-refractivity contribution >= 4 is 11.6 Å². The number of hydrogen-bond acceptors (Lipinski definition) is 0. The van der Waals surface area contributed by atoms with Gasteiger partial charge < -0.3 is 0 Å². The van der Waals surface area contributed by atoms with E-state index in [-0.39, 0.29) is 0 Å². The second-order valence-corrected chi connectivity index (χ2v) is 4.57. The Balaban J connectivity index is 2.67. The molecule has 2 rings (SSSR count). The molecule has 81 valence electrons. The van der Waals surface area contributed by atoms with E-state index in [1.165, 1.54) is 22.3 Å². The van der Waals surface area contributed by atoms with E-state index in [4.69, 9.17) is 11.6 Å². The smallest absolute Gasteiger partial charge is 0.0493 e. The van der Waals surface area contributed by atoms with Gasteiger partial charge in [0.15, 0.2) is 0 Å². The average Bonchev–Trinajstić information content (AvgIpc) is 2.15. The van der Waals surface area contributed by atoms with E-state index < -0.39 is 0 Å². The highest BCUT2D eigenvalue weighted by Gasteiger charge is 2.06. The highest BCUT2D eigenvalue weighted by atomic mass is 35.5. The molecule has 0 saturated carbocycles. The molecular formula is C15H14Cl. The molecule has 0 fully saturated rings. The molecule has 0 aromatic heterocycles. The molecule has 0 saturated heterocycles. The molecule has 0 aliphatic carbocycles. The van der Waals surface area contributed by atoms with E-state index in [1.54, 1.807) is 0 Å². The molecule has 0 bridgehead atoms. The Bertz CT molecular complexity index is 486. The van der Waals surface area contributed by atoms with E-state index in [0.29, 0.717) is 5.02 Å². The Morgan fingerprint density at radius 3 is 2.19 bits per heavy atom.